The molecule has 0 radical (unpaired) electrons. The Hall–Kier alpha value is -2.31. The minimum atomic E-state index is -0.0710. The summed E-state index contributed by atoms with van der Waals surface area (Å²) >= 11 is 6.47. The number of likely N-dealkylation sites (N-methyl/N-ethyl adjacent to an activating group) is 1. The standard InChI is InChI=1S/C21H21NO3S2/c1-14-6-4-7-15(2)19(14)25-11-10-24-17-9-5-8-16(12-17)13-18-20(23)22(3)21(26)27-18/h4-9,12-13H,10-11H2,1-3H3/b18-13+. The molecule has 27 heavy (non-hydrogen) atoms. The summed E-state index contributed by atoms with van der Waals surface area (Å²) in [5.74, 6) is 1.58. The smallest absolute Gasteiger partial charge is 0.265 e. The van der Waals surface area contributed by atoms with E-state index in [2.05, 4.69) is 0 Å². The summed E-state index contributed by atoms with van der Waals surface area (Å²) < 4.78 is 12.2. The number of ether oxygens (including phenoxy) is 2. The van der Waals surface area contributed by atoms with Gasteiger partial charge in [0.15, 0.2) is 0 Å². The quantitative estimate of drug-likeness (QED) is 0.403. The van der Waals surface area contributed by atoms with Crippen molar-refractivity contribution in [2.75, 3.05) is 20.3 Å². The predicted octanol–water partition coefficient (Wildman–Crippen LogP) is 4.59. The molecule has 0 aromatic heterocycles. The molecule has 2 aromatic carbocycles. The molecule has 0 unspecified atom stereocenters. The molecule has 0 N–H and O–H groups in total. The van der Waals surface area contributed by atoms with Crippen molar-refractivity contribution < 1.29 is 14.3 Å². The third-order valence-corrected chi connectivity index (χ3v) is 5.63. The number of thiocarbonyl (C=S) groups is 1. The summed E-state index contributed by atoms with van der Waals surface area (Å²) in [4.78, 5) is 14.2. The van der Waals surface area contributed by atoms with Crippen molar-refractivity contribution in [3.8, 4) is 11.5 Å². The number of carbonyl (C=O) groups excluding carboxylic acids is 1. The lowest BCUT2D eigenvalue weighted by atomic mass is 10.1. The van der Waals surface area contributed by atoms with E-state index >= 15 is 0 Å². The SMILES string of the molecule is Cc1cccc(C)c1OCCOc1cccc(/C=C2/SC(=S)N(C)C2=O)c1. The Labute approximate surface area is 169 Å². The molecule has 1 aliphatic rings. The number of para-hydroxylation sites is 1. The fourth-order valence-electron chi connectivity index (χ4n) is 2.72. The van der Waals surface area contributed by atoms with E-state index in [9.17, 15) is 4.79 Å². The normalized spacial score (nSPS) is 15.5. The van der Waals surface area contributed by atoms with Gasteiger partial charge in [-0.25, -0.2) is 0 Å². The van der Waals surface area contributed by atoms with Crippen molar-refractivity contribution in [2.45, 2.75) is 13.8 Å². The maximum atomic E-state index is 12.1. The molecule has 1 heterocycles. The molecule has 0 bridgehead atoms. The van der Waals surface area contributed by atoms with Gasteiger partial charge in [-0.05, 0) is 48.7 Å². The fraction of sp³-hybridized carbons (Fsp3) is 0.238. The average Bonchev–Trinajstić information content (AvgIpc) is 2.88. The van der Waals surface area contributed by atoms with Gasteiger partial charge in [0.05, 0.1) is 4.91 Å². The van der Waals surface area contributed by atoms with Crippen molar-refractivity contribution in [3.63, 3.8) is 0 Å². The Kier molecular flexibility index (Phi) is 6.19. The molecule has 1 fully saturated rings. The monoisotopic (exact) mass is 399 g/mol. The number of amides is 1. The lowest BCUT2D eigenvalue weighted by molar-refractivity contribution is -0.121. The summed E-state index contributed by atoms with van der Waals surface area (Å²) in [6.45, 7) is 4.97. The van der Waals surface area contributed by atoms with Crippen molar-refractivity contribution in [1.29, 1.82) is 0 Å². The van der Waals surface area contributed by atoms with Gasteiger partial charge in [-0.15, -0.1) is 0 Å². The van der Waals surface area contributed by atoms with Crippen LogP contribution in [0.2, 0.25) is 0 Å². The number of nitrogens with zero attached hydrogens (tertiary/aromatic N) is 1. The maximum Gasteiger partial charge on any atom is 0.265 e. The van der Waals surface area contributed by atoms with Crippen molar-refractivity contribution >= 4 is 40.3 Å². The van der Waals surface area contributed by atoms with Crippen LogP contribution < -0.4 is 9.47 Å². The Morgan fingerprint density at radius 2 is 1.74 bits per heavy atom. The molecule has 4 nitrogen and oxygen atoms in total. The highest BCUT2D eigenvalue weighted by Crippen LogP contribution is 2.31. The largest absolute Gasteiger partial charge is 0.490 e. The lowest BCUT2D eigenvalue weighted by Gasteiger charge is -2.12. The van der Waals surface area contributed by atoms with E-state index in [1.807, 2.05) is 62.4 Å². The van der Waals surface area contributed by atoms with Gasteiger partial charge in [0.2, 0.25) is 0 Å². The molecule has 0 aliphatic carbocycles. The van der Waals surface area contributed by atoms with Gasteiger partial charge in [0, 0.05) is 7.05 Å². The number of hydrogen-bond donors (Lipinski definition) is 0. The summed E-state index contributed by atoms with van der Waals surface area (Å²) in [6, 6.07) is 13.7. The van der Waals surface area contributed by atoms with E-state index in [4.69, 9.17) is 21.7 Å². The first-order valence-electron chi connectivity index (χ1n) is 8.59. The highest BCUT2D eigenvalue weighted by atomic mass is 32.2. The zero-order chi connectivity index (χ0) is 19.4. The minimum Gasteiger partial charge on any atom is -0.490 e. The third-order valence-electron chi connectivity index (χ3n) is 4.15. The topological polar surface area (TPSA) is 38.8 Å². The zero-order valence-corrected chi connectivity index (χ0v) is 17.2. The number of hydrogen-bond acceptors (Lipinski definition) is 5. The number of aryl methyl sites for hydroxylation is 2. The van der Waals surface area contributed by atoms with Gasteiger partial charge in [-0.3, -0.25) is 9.69 Å². The Morgan fingerprint density at radius 3 is 2.41 bits per heavy atom. The molecule has 0 atom stereocenters. The van der Waals surface area contributed by atoms with Crippen LogP contribution in [0.5, 0.6) is 11.5 Å². The molecule has 1 amide bonds. The summed E-state index contributed by atoms with van der Waals surface area (Å²) in [5.41, 5.74) is 3.13. The van der Waals surface area contributed by atoms with Crippen molar-refractivity contribution in [2.24, 2.45) is 0 Å². The second-order valence-electron chi connectivity index (χ2n) is 6.23. The van der Waals surface area contributed by atoms with Crippen LogP contribution in [0, 0.1) is 13.8 Å². The van der Waals surface area contributed by atoms with Gasteiger partial charge in [0.1, 0.15) is 29.0 Å². The molecule has 0 spiro atoms. The maximum absolute atomic E-state index is 12.1. The van der Waals surface area contributed by atoms with E-state index in [-0.39, 0.29) is 5.91 Å². The predicted molar refractivity (Wildman–Crippen MR) is 114 cm³/mol. The van der Waals surface area contributed by atoms with Crippen LogP contribution in [0.4, 0.5) is 0 Å². The van der Waals surface area contributed by atoms with Gasteiger partial charge in [-0.1, -0.05) is 54.3 Å². The number of rotatable bonds is 6. The molecule has 6 heteroatoms. The Morgan fingerprint density at radius 1 is 1.07 bits per heavy atom. The lowest BCUT2D eigenvalue weighted by Crippen LogP contribution is -2.22. The molecular formula is C21H21NO3S2. The van der Waals surface area contributed by atoms with E-state index in [0.717, 1.165) is 28.2 Å². The Balaban J connectivity index is 1.58. The van der Waals surface area contributed by atoms with Crippen molar-refractivity contribution in [3.05, 3.63) is 64.1 Å². The first-order valence-corrected chi connectivity index (χ1v) is 9.81. The second-order valence-corrected chi connectivity index (χ2v) is 7.91. The Bertz CT molecular complexity index is 888. The number of carbonyl (C=O) groups is 1. The average molecular weight is 400 g/mol. The number of thioether (sulfide) groups is 1. The highest BCUT2D eigenvalue weighted by Gasteiger charge is 2.28. The molecule has 1 aliphatic heterocycles. The summed E-state index contributed by atoms with van der Waals surface area (Å²) in [5, 5.41) is 0. The van der Waals surface area contributed by atoms with Gasteiger partial charge in [-0.2, -0.15) is 0 Å². The van der Waals surface area contributed by atoms with E-state index < -0.39 is 0 Å². The first kappa shape index (κ1) is 19.5. The highest BCUT2D eigenvalue weighted by molar-refractivity contribution is 8.26. The fourth-order valence-corrected chi connectivity index (χ4v) is 3.90. The van der Waals surface area contributed by atoms with Crippen LogP contribution in [-0.4, -0.2) is 35.4 Å². The third kappa shape index (κ3) is 4.70. The van der Waals surface area contributed by atoms with Crippen LogP contribution in [0.15, 0.2) is 47.4 Å². The first-order chi connectivity index (χ1) is 13.0. The molecule has 3 rings (SSSR count). The molecular weight excluding hydrogens is 378 g/mol. The minimum absolute atomic E-state index is 0.0710. The van der Waals surface area contributed by atoms with Crippen LogP contribution in [0.3, 0.4) is 0 Å². The molecule has 0 saturated carbocycles. The van der Waals surface area contributed by atoms with Crippen LogP contribution >= 0.6 is 24.0 Å². The molecule has 2 aromatic rings. The van der Waals surface area contributed by atoms with Crippen LogP contribution in [-0.2, 0) is 4.79 Å². The zero-order valence-electron chi connectivity index (χ0n) is 15.5. The van der Waals surface area contributed by atoms with E-state index in [0.29, 0.717) is 22.4 Å². The summed E-state index contributed by atoms with van der Waals surface area (Å²) in [7, 11) is 1.69. The summed E-state index contributed by atoms with van der Waals surface area (Å²) in [6.07, 6.45) is 1.84. The van der Waals surface area contributed by atoms with E-state index in [1.165, 1.54) is 16.7 Å². The number of benzene rings is 2. The van der Waals surface area contributed by atoms with Gasteiger partial charge < -0.3 is 9.47 Å². The molecule has 1 saturated heterocycles. The van der Waals surface area contributed by atoms with E-state index in [1.54, 1.807) is 7.05 Å². The van der Waals surface area contributed by atoms with Gasteiger partial charge >= 0.3 is 0 Å². The van der Waals surface area contributed by atoms with Crippen molar-refractivity contribution in [1.82, 2.24) is 4.90 Å². The molecule has 140 valence electrons. The van der Waals surface area contributed by atoms with Crippen LogP contribution in [0.1, 0.15) is 16.7 Å². The van der Waals surface area contributed by atoms with Crippen LogP contribution in [0.25, 0.3) is 6.08 Å². The van der Waals surface area contributed by atoms with Gasteiger partial charge in [0.25, 0.3) is 5.91 Å². The second kappa shape index (κ2) is 8.59.